The maximum absolute atomic E-state index is 13.3. The van der Waals surface area contributed by atoms with Crippen LogP contribution in [0.2, 0.25) is 0 Å². The van der Waals surface area contributed by atoms with Crippen LogP contribution in [-0.4, -0.2) is 122 Å². The van der Waals surface area contributed by atoms with Crippen molar-refractivity contribution in [1.82, 2.24) is 0 Å². The largest absolute Gasteiger partial charge is 0.481 e. The van der Waals surface area contributed by atoms with E-state index in [1.165, 1.54) is 27.7 Å². The first-order valence-electron chi connectivity index (χ1n) is 25.6. The van der Waals surface area contributed by atoms with Crippen LogP contribution in [-0.2, 0) is 80.9 Å². The number of hydrogen-bond donors (Lipinski definition) is 1. The summed E-state index contributed by atoms with van der Waals surface area (Å²) in [4.78, 5) is 89.0. The number of esters is 6. The number of carbonyl (C=O) groups is 7. The summed E-state index contributed by atoms with van der Waals surface area (Å²) < 4.78 is 60.9. The predicted molar refractivity (Wildman–Crippen MR) is 249 cm³/mol. The predicted octanol–water partition coefficient (Wildman–Crippen LogP) is 6.80. The molecule has 2 heterocycles. The van der Waals surface area contributed by atoms with Gasteiger partial charge in [0.25, 0.3) is 0 Å². The Kier molecular flexibility index (Phi) is 15.6. The molecule has 71 heavy (non-hydrogen) atoms. The van der Waals surface area contributed by atoms with Gasteiger partial charge >= 0.3 is 41.8 Å². The molecule has 0 radical (unpaired) electrons. The molecular weight excluding hydrogens is 925 g/mol. The second-order valence-electron chi connectivity index (χ2n) is 23.1. The summed E-state index contributed by atoms with van der Waals surface area (Å²) in [6.07, 6.45) is -5.20. The van der Waals surface area contributed by atoms with Crippen LogP contribution in [0.3, 0.4) is 0 Å². The summed E-state index contributed by atoms with van der Waals surface area (Å²) in [6, 6.07) is 0. The lowest BCUT2D eigenvalue weighted by Gasteiger charge is -2.73. The SMILES string of the molecule is C=C(C)[C@@H]1CC[C@]2(C(=O)O)CC[C@]3(C)C(CC[C@@H]4[C@@]5(C)CC[C@H](O[C@@H]6OC[C@H](OC(C)=O)[C@H](OC(C)=O)[C@H]6O[C@@H]6O[C@@H](C)[C@H](OC(C)=O)[C@@H](OC(C)=O)[C@H]6OC(C)=O)C(C)(COC(C)=O)[C@@H]5CC[C@]43C)[C@@H]12. The Morgan fingerprint density at radius 3 is 1.79 bits per heavy atom. The molecule has 0 aromatic heterocycles. The van der Waals surface area contributed by atoms with Crippen LogP contribution in [0.15, 0.2) is 12.2 Å². The standard InChI is InChI=1S/C53H78O18/c1-26(2)34-16-21-53(48(60)61)23-22-51(12)35(40(34)53)14-15-38-49(10)19-18-39(50(11,25-63-28(4)54)37(49)17-20-52(38,51)13)70-46-44(42(67-31(7)57)36(24-62-46)65-29(5)55)71-47-45(69-33(9)59)43(68-32(8)58)41(27(3)64-47)66-30(6)56/h27,34-47H,1,14-25H2,2-13H3,(H,60,61)/t27-,34-,35?,36-,37+,38+,39-,40+,41-,42-,43+,44+,45+,46-,47-,49-,50?,51+,52+,53-/m0/s1. The van der Waals surface area contributed by atoms with Crippen molar-refractivity contribution in [3.63, 3.8) is 0 Å². The Morgan fingerprint density at radius 1 is 0.592 bits per heavy atom. The first kappa shape index (κ1) is 54.6. The highest BCUT2D eigenvalue weighted by molar-refractivity contribution is 5.76. The van der Waals surface area contributed by atoms with Gasteiger partial charge in [-0.25, -0.2) is 0 Å². The van der Waals surface area contributed by atoms with E-state index in [0.29, 0.717) is 19.3 Å². The maximum Gasteiger partial charge on any atom is 0.309 e. The Balaban J connectivity index is 1.24. The molecule has 1 N–H and O–H groups in total. The average Bonchev–Trinajstić information content (AvgIpc) is 3.67. The van der Waals surface area contributed by atoms with Crippen molar-refractivity contribution in [2.24, 2.45) is 56.7 Å². The van der Waals surface area contributed by atoms with Crippen LogP contribution in [0.4, 0.5) is 0 Å². The molecule has 5 aliphatic carbocycles. The van der Waals surface area contributed by atoms with Gasteiger partial charge in [0, 0.05) is 47.0 Å². The molecule has 2 saturated heterocycles. The van der Waals surface area contributed by atoms with Gasteiger partial charge in [-0.1, -0.05) is 39.8 Å². The third kappa shape index (κ3) is 9.77. The zero-order valence-corrected chi connectivity index (χ0v) is 43.7. The molecule has 18 nitrogen and oxygen atoms in total. The van der Waals surface area contributed by atoms with Crippen LogP contribution < -0.4 is 0 Å². The van der Waals surface area contributed by atoms with Crippen molar-refractivity contribution in [3.05, 3.63) is 12.2 Å². The molecule has 7 rings (SSSR count). The fourth-order valence-corrected chi connectivity index (χ4v) is 16.0. The number of ether oxygens (including phenoxy) is 10. The summed E-state index contributed by atoms with van der Waals surface area (Å²) in [6.45, 7) is 24.3. The highest BCUT2D eigenvalue weighted by Crippen LogP contribution is 2.77. The molecule has 7 aliphatic rings. The van der Waals surface area contributed by atoms with E-state index in [1.54, 1.807) is 6.92 Å². The van der Waals surface area contributed by atoms with Crippen LogP contribution in [0.25, 0.3) is 0 Å². The van der Waals surface area contributed by atoms with E-state index in [-0.39, 0.29) is 59.0 Å². The minimum atomic E-state index is -1.59. The lowest BCUT2D eigenvalue weighted by atomic mass is 9.32. The van der Waals surface area contributed by atoms with E-state index >= 15 is 0 Å². The second-order valence-corrected chi connectivity index (χ2v) is 23.1. The molecular formula is C53H78O18. The second kappa shape index (κ2) is 20.3. The summed E-state index contributed by atoms with van der Waals surface area (Å²) in [5.41, 5.74) is -1.03. The van der Waals surface area contributed by atoms with Crippen molar-refractivity contribution < 1.29 is 86.0 Å². The highest BCUT2D eigenvalue weighted by Gasteiger charge is 2.73. The first-order valence-corrected chi connectivity index (χ1v) is 25.6. The fraction of sp³-hybridized carbons (Fsp3) is 0.830. The molecule has 2 unspecified atom stereocenters. The Labute approximate surface area is 417 Å². The minimum absolute atomic E-state index is 0.0150. The van der Waals surface area contributed by atoms with Gasteiger partial charge in [-0.05, 0) is 124 Å². The van der Waals surface area contributed by atoms with Gasteiger partial charge in [-0.15, -0.1) is 0 Å². The van der Waals surface area contributed by atoms with Crippen LogP contribution in [0.1, 0.15) is 147 Å². The highest BCUT2D eigenvalue weighted by atomic mass is 16.8. The van der Waals surface area contributed by atoms with Gasteiger partial charge in [0.15, 0.2) is 49.2 Å². The quantitative estimate of drug-likeness (QED) is 0.0865. The number of hydrogen-bond acceptors (Lipinski definition) is 17. The Morgan fingerprint density at radius 2 is 1.20 bits per heavy atom. The molecule has 2 aliphatic heterocycles. The molecule has 0 amide bonds. The van der Waals surface area contributed by atoms with Crippen molar-refractivity contribution in [3.8, 4) is 0 Å². The summed E-state index contributed by atoms with van der Waals surface area (Å²) in [7, 11) is 0. The first-order chi connectivity index (χ1) is 33.1. The molecule has 0 bridgehead atoms. The molecule has 7 fully saturated rings. The molecule has 5 saturated carbocycles. The lowest BCUT2D eigenvalue weighted by Crippen LogP contribution is -2.68. The Hall–Kier alpha value is -4.13. The van der Waals surface area contributed by atoms with E-state index in [1.807, 2.05) is 0 Å². The van der Waals surface area contributed by atoms with Crippen molar-refractivity contribution in [2.45, 2.75) is 209 Å². The number of carboxylic acid groups (broad SMARTS) is 1. The van der Waals surface area contributed by atoms with Crippen molar-refractivity contribution in [1.29, 1.82) is 0 Å². The third-order valence-electron chi connectivity index (χ3n) is 19.0. The topological polar surface area (TPSA) is 232 Å². The maximum atomic E-state index is 13.3. The molecule has 0 aromatic rings. The summed E-state index contributed by atoms with van der Waals surface area (Å²) in [5, 5.41) is 10.9. The molecule has 20 atom stereocenters. The lowest BCUT2D eigenvalue weighted by molar-refractivity contribution is -0.367. The van der Waals surface area contributed by atoms with E-state index in [9.17, 15) is 38.7 Å². The number of carboxylic acids is 1. The molecule has 0 aromatic carbocycles. The fourth-order valence-electron chi connectivity index (χ4n) is 16.0. The number of carbonyl (C=O) groups excluding carboxylic acids is 6. The molecule has 18 heteroatoms. The normalized spacial score (nSPS) is 44.7. The van der Waals surface area contributed by atoms with E-state index in [0.717, 1.165) is 64.4 Å². The van der Waals surface area contributed by atoms with Gasteiger partial charge in [0.1, 0.15) is 0 Å². The summed E-state index contributed by atoms with van der Waals surface area (Å²) in [5.74, 6) is -4.27. The number of aliphatic carboxylic acids is 1. The van der Waals surface area contributed by atoms with Gasteiger partial charge in [0.05, 0.1) is 30.8 Å². The van der Waals surface area contributed by atoms with Crippen LogP contribution >= 0.6 is 0 Å². The van der Waals surface area contributed by atoms with Gasteiger partial charge < -0.3 is 52.5 Å². The van der Waals surface area contributed by atoms with Crippen LogP contribution in [0.5, 0.6) is 0 Å². The van der Waals surface area contributed by atoms with Gasteiger partial charge in [0.2, 0.25) is 0 Å². The van der Waals surface area contributed by atoms with E-state index < -0.39 is 114 Å². The van der Waals surface area contributed by atoms with Gasteiger partial charge in [-0.2, -0.15) is 0 Å². The van der Waals surface area contributed by atoms with Crippen LogP contribution in [0, 0.1) is 56.7 Å². The van der Waals surface area contributed by atoms with Gasteiger partial charge in [-0.3, -0.25) is 33.6 Å². The van der Waals surface area contributed by atoms with E-state index in [2.05, 4.69) is 41.2 Å². The third-order valence-corrected chi connectivity index (χ3v) is 19.0. The number of rotatable bonds is 13. The van der Waals surface area contributed by atoms with E-state index in [4.69, 9.17) is 47.4 Å². The number of allylic oxidation sites excluding steroid dienone is 1. The minimum Gasteiger partial charge on any atom is -0.481 e. The average molecular weight is 1000 g/mol. The molecule has 398 valence electrons. The number of fused-ring (bicyclic) bond motifs is 7. The summed E-state index contributed by atoms with van der Waals surface area (Å²) >= 11 is 0. The molecule has 0 spiro atoms. The van der Waals surface area contributed by atoms with Crippen molar-refractivity contribution >= 4 is 41.8 Å². The Bertz CT molecular complexity index is 2110. The monoisotopic (exact) mass is 1000 g/mol. The smallest absolute Gasteiger partial charge is 0.309 e. The zero-order valence-electron chi connectivity index (χ0n) is 43.7. The van der Waals surface area contributed by atoms with Crippen molar-refractivity contribution in [2.75, 3.05) is 13.2 Å². The zero-order chi connectivity index (χ0) is 52.3.